The lowest BCUT2D eigenvalue weighted by molar-refractivity contribution is -0.597. The van der Waals surface area contributed by atoms with E-state index < -0.39 is 0 Å². The molecule has 3 rings (SSSR count). The molecule has 0 fully saturated rings. The van der Waals surface area contributed by atoms with Crippen LogP contribution in [0.2, 0.25) is 0 Å². The third-order valence-corrected chi connectivity index (χ3v) is 2.62. The molecule has 0 aliphatic carbocycles. The van der Waals surface area contributed by atoms with Crippen LogP contribution in [0.5, 0.6) is 0 Å². The van der Waals surface area contributed by atoms with Crippen molar-refractivity contribution in [1.82, 2.24) is 0 Å². The molecule has 3 nitrogen and oxygen atoms in total. The van der Waals surface area contributed by atoms with Gasteiger partial charge in [0.25, 0.3) is 5.69 Å². The Morgan fingerprint density at radius 2 is 1.71 bits per heavy atom. The lowest BCUT2D eigenvalue weighted by atomic mass is 10.2. The average Bonchev–Trinajstić information content (AvgIpc) is 2.39. The van der Waals surface area contributed by atoms with Crippen LogP contribution < -0.4 is 10.2 Å². The van der Waals surface area contributed by atoms with Gasteiger partial charge in [-0.3, -0.25) is 0 Å². The number of fused-ring (bicyclic) bond motifs is 1. The van der Waals surface area contributed by atoms with Crippen molar-refractivity contribution >= 4 is 11.0 Å². The van der Waals surface area contributed by atoms with Crippen molar-refractivity contribution in [3.05, 3.63) is 71.3 Å². The van der Waals surface area contributed by atoms with Crippen molar-refractivity contribution in [2.24, 2.45) is 0 Å². The largest absolute Gasteiger partial charge is 0.418 e. The van der Waals surface area contributed by atoms with Crippen LogP contribution in [0.1, 0.15) is 0 Å². The zero-order valence-electron chi connectivity index (χ0n) is 9.04. The summed E-state index contributed by atoms with van der Waals surface area (Å²) in [6, 6.07) is 15.0. The number of para-hydroxylation sites is 1. The van der Waals surface area contributed by atoms with Crippen molar-refractivity contribution in [1.29, 1.82) is 0 Å². The maximum atomic E-state index is 11.8. The topological polar surface area (TPSA) is 34.1 Å². The maximum Gasteiger partial charge on any atom is 0.409 e. The van der Waals surface area contributed by atoms with Crippen LogP contribution in [0, 0.1) is 0 Å². The van der Waals surface area contributed by atoms with E-state index in [1.165, 1.54) is 0 Å². The maximum absolute atomic E-state index is 11.8. The number of hydrogen-bond donors (Lipinski definition) is 0. The summed E-state index contributed by atoms with van der Waals surface area (Å²) in [5.41, 5.74) is 0.794. The summed E-state index contributed by atoms with van der Waals surface area (Å²) in [5, 5.41) is 0.915. The third kappa shape index (κ3) is 1.72. The number of aromatic nitrogens is 1. The summed E-state index contributed by atoms with van der Waals surface area (Å²) in [7, 11) is 0. The molecule has 3 aromatic rings. The molecule has 3 heteroatoms. The molecule has 0 aliphatic heterocycles. The molecule has 2 aromatic heterocycles. The summed E-state index contributed by atoms with van der Waals surface area (Å²) in [6.07, 6.45) is 3.64. The van der Waals surface area contributed by atoms with E-state index in [1.54, 1.807) is 10.6 Å². The Hall–Kier alpha value is -2.42. The van der Waals surface area contributed by atoms with Crippen molar-refractivity contribution < 1.29 is 8.98 Å². The van der Waals surface area contributed by atoms with Gasteiger partial charge in [0.2, 0.25) is 0 Å². The highest BCUT2D eigenvalue weighted by Gasteiger charge is 2.13. The molecule has 0 radical (unpaired) electrons. The van der Waals surface area contributed by atoms with Crippen LogP contribution in [0.15, 0.2) is 70.1 Å². The molecular formula is C14H10NO2+. The lowest BCUT2D eigenvalue weighted by Gasteiger charge is -1.97. The minimum atomic E-state index is -0.333. The molecule has 0 bridgehead atoms. The quantitative estimate of drug-likeness (QED) is 0.468. The Morgan fingerprint density at radius 1 is 0.941 bits per heavy atom. The molecule has 0 spiro atoms. The summed E-state index contributed by atoms with van der Waals surface area (Å²) in [4.78, 5) is 11.8. The Kier molecular flexibility index (Phi) is 2.22. The number of benzene rings is 1. The second-order valence-corrected chi connectivity index (χ2v) is 3.74. The fraction of sp³-hybridized carbons (Fsp3) is 0. The summed E-state index contributed by atoms with van der Waals surface area (Å²) in [6.45, 7) is 0. The van der Waals surface area contributed by atoms with E-state index in [9.17, 15) is 4.79 Å². The minimum absolute atomic E-state index is 0.333. The zero-order valence-corrected chi connectivity index (χ0v) is 9.04. The zero-order chi connectivity index (χ0) is 11.7. The second kappa shape index (κ2) is 3.87. The molecule has 17 heavy (non-hydrogen) atoms. The predicted molar refractivity (Wildman–Crippen MR) is 64.0 cm³/mol. The van der Waals surface area contributed by atoms with Crippen molar-refractivity contribution in [3.63, 3.8) is 0 Å². The van der Waals surface area contributed by atoms with Gasteiger partial charge < -0.3 is 4.42 Å². The van der Waals surface area contributed by atoms with Gasteiger partial charge in [0.05, 0.1) is 0 Å². The highest BCUT2D eigenvalue weighted by Crippen LogP contribution is 2.12. The third-order valence-electron chi connectivity index (χ3n) is 2.62. The first-order valence-electron chi connectivity index (χ1n) is 5.34. The summed E-state index contributed by atoms with van der Waals surface area (Å²) >= 11 is 0. The van der Waals surface area contributed by atoms with Crippen molar-refractivity contribution in [3.8, 4) is 5.69 Å². The molecule has 0 saturated heterocycles. The Morgan fingerprint density at radius 3 is 2.53 bits per heavy atom. The molecule has 0 unspecified atom stereocenters. The summed E-state index contributed by atoms with van der Waals surface area (Å²) in [5.74, 6) is 0. The first-order valence-corrected chi connectivity index (χ1v) is 5.34. The SMILES string of the molecule is O=c1oc2ccccc2cc1-[n+]1ccccc1. The van der Waals surface area contributed by atoms with Gasteiger partial charge in [-0.2, -0.15) is 4.57 Å². The number of pyridine rings is 1. The van der Waals surface area contributed by atoms with Crippen molar-refractivity contribution in [2.45, 2.75) is 0 Å². The first kappa shape index (κ1) is 9.78. The van der Waals surface area contributed by atoms with Gasteiger partial charge in [-0.15, -0.1) is 0 Å². The lowest BCUT2D eigenvalue weighted by Crippen LogP contribution is -2.35. The number of nitrogens with zero attached hydrogens (tertiary/aromatic N) is 1. The van der Waals surface area contributed by atoms with E-state index >= 15 is 0 Å². The second-order valence-electron chi connectivity index (χ2n) is 3.74. The number of hydrogen-bond acceptors (Lipinski definition) is 2. The van der Waals surface area contributed by atoms with Crippen LogP contribution >= 0.6 is 0 Å². The van der Waals surface area contributed by atoms with Crippen LogP contribution in [0.3, 0.4) is 0 Å². The monoisotopic (exact) mass is 224 g/mol. The van der Waals surface area contributed by atoms with Gasteiger partial charge in [-0.1, -0.05) is 24.3 Å². The van der Waals surface area contributed by atoms with E-state index in [1.807, 2.05) is 54.9 Å². The predicted octanol–water partition coefficient (Wildman–Crippen LogP) is 2.07. The van der Waals surface area contributed by atoms with E-state index in [0.29, 0.717) is 11.3 Å². The average molecular weight is 224 g/mol. The van der Waals surface area contributed by atoms with Gasteiger partial charge in [0.1, 0.15) is 5.58 Å². The fourth-order valence-electron chi connectivity index (χ4n) is 1.79. The van der Waals surface area contributed by atoms with Crippen LogP contribution in [0.4, 0.5) is 0 Å². The van der Waals surface area contributed by atoms with Gasteiger partial charge in [0.15, 0.2) is 12.4 Å². The fourth-order valence-corrected chi connectivity index (χ4v) is 1.79. The van der Waals surface area contributed by atoms with Gasteiger partial charge in [-0.25, -0.2) is 4.79 Å². The molecule has 2 heterocycles. The minimum Gasteiger partial charge on any atom is -0.418 e. The molecule has 0 atom stereocenters. The normalized spacial score (nSPS) is 10.6. The highest BCUT2D eigenvalue weighted by atomic mass is 16.4. The van der Waals surface area contributed by atoms with Gasteiger partial charge >= 0.3 is 5.63 Å². The van der Waals surface area contributed by atoms with E-state index in [2.05, 4.69) is 0 Å². The molecule has 0 amide bonds. The van der Waals surface area contributed by atoms with Crippen LogP contribution in [0.25, 0.3) is 16.7 Å². The Labute approximate surface area is 97.6 Å². The standard InChI is InChI=1S/C14H10NO2/c16-14-12(15-8-4-1-5-9-15)10-11-6-2-3-7-13(11)17-14/h1-10H/q+1. The highest BCUT2D eigenvalue weighted by molar-refractivity contribution is 5.77. The van der Waals surface area contributed by atoms with E-state index in [-0.39, 0.29) is 5.63 Å². The Balaban J connectivity index is 2.31. The molecule has 0 aliphatic rings. The van der Waals surface area contributed by atoms with Crippen LogP contribution in [-0.2, 0) is 0 Å². The summed E-state index contributed by atoms with van der Waals surface area (Å²) < 4.78 is 7.02. The number of rotatable bonds is 1. The van der Waals surface area contributed by atoms with Crippen LogP contribution in [-0.4, -0.2) is 0 Å². The molecule has 0 saturated carbocycles. The van der Waals surface area contributed by atoms with Gasteiger partial charge in [0, 0.05) is 23.6 Å². The first-order chi connectivity index (χ1) is 8.34. The van der Waals surface area contributed by atoms with Gasteiger partial charge in [-0.05, 0) is 6.07 Å². The molecule has 1 aromatic carbocycles. The van der Waals surface area contributed by atoms with Crippen molar-refractivity contribution in [2.75, 3.05) is 0 Å². The molecular weight excluding hydrogens is 214 g/mol. The Bertz CT molecular complexity index is 717. The van der Waals surface area contributed by atoms with E-state index in [4.69, 9.17) is 4.42 Å². The smallest absolute Gasteiger partial charge is 0.409 e. The molecule has 0 N–H and O–H groups in total. The van der Waals surface area contributed by atoms with E-state index in [0.717, 1.165) is 5.39 Å². The molecule has 82 valence electrons.